The lowest BCUT2D eigenvalue weighted by Gasteiger charge is -2.22. The summed E-state index contributed by atoms with van der Waals surface area (Å²) in [7, 11) is 0. The van der Waals surface area contributed by atoms with Gasteiger partial charge in [-0.2, -0.15) is 0 Å². The highest BCUT2D eigenvalue weighted by Gasteiger charge is 2.25. The summed E-state index contributed by atoms with van der Waals surface area (Å²) in [5.41, 5.74) is 15.9. The second-order valence-corrected chi connectivity index (χ2v) is 15.5. The first-order valence-electron chi connectivity index (χ1n) is 19.0. The molecule has 1 N–H and O–H groups in total. The minimum absolute atomic E-state index is 0.107. The van der Waals surface area contributed by atoms with Gasteiger partial charge in [-0.25, -0.2) is 4.98 Å². The standard InChI is InChI=1S/C50H43N3O/c1-50(2,3)40-28-38(27-39(29-40)44-31-37(25-26-51-44)33-15-6-4-7-16-33)42-22-14-24-46-48(42)52-49(43-30-35-19-10-11-20-36(35)32-47(43)54)53(46)45-23-13-12-21-41(45)34-17-8-5-9-18-34/h4-9,12-18,21-32,54H,10-11,19-20H2,1-3H3. The van der Waals surface area contributed by atoms with Crippen LogP contribution in [0.3, 0.4) is 0 Å². The van der Waals surface area contributed by atoms with Crippen LogP contribution in [0.5, 0.6) is 5.75 Å². The van der Waals surface area contributed by atoms with Gasteiger partial charge < -0.3 is 5.11 Å². The summed E-state index contributed by atoms with van der Waals surface area (Å²) in [6, 6.07) is 51.3. The van der Waals surface area contributed by atoms with E-state index in [0.29, 0.717) is 0 Å². The molecular weight excluding hydrogens is 659 g/mol. The first-order valence-corrected chi connectivity index (χ1v) is 19.0. The number of aryl methyl sites for hydroxylation is 2. The van der Waals surface area contributed by atoms with E-state index in [4.69, 9.17) is 9.97 Å². The van der Waals surface area contributed by atoms with E-state index in [9.17, 15) is 5.11 Å². The van der Waals surface area contributed by atoms with Gasteiger partial charge in [-0.15, -0.1) is 0 Å². The van der Waals surface area contributed by atoms with Crippen molar-refractivity contribution in [3.8, 4) is 67.5 Å². The summed E-state index contributed by atoms with van der Waals surface area (Å²) in [6.45, 7) is 6.78. The number of phenols is 1. The fraction of sp³-hybridized carbons (Fsp3) is 0.160. The molecule has 2 heterocycles. The Kier molecular flexibility index (Phi) is 8.47. The lowest BCUT2D eigenvalue weighted by Crippen LogP contribution is -2.11. The van der Waals surface area contributed by atoms with Crippen LogP contribution in [0.1, 0.15) is 50.3 Å². The smallest absolute Gasteiger partial charge is 0.149 e. The Balaban J connectivity index is 1.30. The van der Waals surface area contributed by atoms with E-state index in [2.05, 4.69) is 159 Å². The Morgan fingerprint density at radius 3 is 1.98 bits per heavy atom. The van der Waals surface area contributed by atoms with Crippen LogP contribution in [0.2, 0.25) is 0 Å². The molecule has 264 valence electrons. The number of benzene rings is 6. The van der Waals surface area contributed by atoms with Gasteiger partial charge in [-0.1, -0.05) is 118 Å². The van der Waals surface area contributed by atoms with Gasteiger partial charge in [0.1, 0.15) is 11.6 Å². The SMILES string of the molecule is CC(C)(C)c1cc(-c2cc(-c3ccccc3)ccn2)cc(-c2cccc3c2nc(-c2cc4c(cc2O)CCCC4)n3-c2ccccc2-c2ccccc2)c1. The number of pyridine rings is 1. The van der Waals surface area contributed by atoms with Crippen LogP contribution in [0.4, 0.5) is 0 Å². The number of fused-ring (bicyclic) bond motifs is 2. The van der Waals surface area contributed by atoms with Gasteiger partial charge in [0.2, 0.25) is 0 Å². The Hall–Kier alpha value is -6.26. The zero-order chi connectivity index (χ0) is 36.8. The van der Waals surface area contributed by atoms with Crippen LogP contribution in [0.15, 0.2) is 152 Å². The van der Waals surface area contributed by atoms with Crippen molar-refractivity contribution in [2.75, 3.05) is 0 Å². The molecule has 0 atom stereocenters. The molecule has 2 aromatic heterocycles. The molecule has 0 aliphatic heterocycles. The van der Waals surface area contributed by atoms with E-state index in [1.807, 2.05) is 18.3 Å². The highest BCUT2D eigenvalue weighted by molar-refractivity contribution is 5.97. The number of imidazole rings is 1. The van der Waals surface area contributed by atoms with Crippen molar-refractivity contribution in [2.24, 2.45) is 0 Å². The molecule has 4 heteroatoms. The van der Waals surface area contributed by atoms with Gasteiger partial charge in [0, 0.05) is 22.9 Å². The van der Waals surface area contributed by atoms with Crippen LogP contribution in [0.25, 0.3) is 72.7 Å². The summed E-state index contributed by atoms with van der Waals surface area (Å²) in [4.78, 5) is 10.4. The van der Waals surface area contributed by atoms with Gasteiger partial charge in [0.25, 0.3) is 0 Å². The maximum atomic E-state index is 11.7. The number of rotatable bonds is 6. The highest BCUT2D eigenvalue weighted by Crippen LogP contribution is 2.43. The molecule has 8 aromatic rings. The summed E-state index contributed by atoms with van der Waals surface area (Å²) in [5, 5.41) is 11.7. The number of phenolic OH excluding ortho intramolecular Hbond substituents is 1. The van der Waals surface area contributed by atoms with Gasteiger partial charge in [-0.05, 0) is 119 Å². The lowest BCUT2D eigenvalue weighted by atomic mass is 9.83. The predicted octanol–water partition coefficient (Wildman–Crippen LogP) is 12.6. The molecule has 0 fully saturated rings. The minimum Gasteiger partial charge on any atom is -0.507 e. The Morgan fingerprint density at radius 1 is 0.556 bits per heavy atom. The lowest BCUT2D eigenvalue weighted by molar-refractivity contribution is 0.474. The highest BCUT2D eigenvalue weighted by atomic mass is 16.3. The van der Waals surface area contributed by atoms with Crippen LogP contribution >= 0.6 is 0 Å². The van der Waals surface area contributed by atoms with Gasteiger partial charge >= 0.3 is 0 Å². The third kappa shape index (κ3) is 6.18. The van der Waals surface area contributed by atoms with Crippen molar-refractivity contribution < 1.29 is 5.11 Å². The van der Waals surface area contributed by atoms with E-state index in [1.54, 1.807) is 0 Å². The van der Waals surface area contributed by atoms with Crippen LogP contribution in [-0.4, -0.2) is 19.6 Å². The van der Waals surface area contributed by atoms with Gasteiger partial charge in [0.05, 0.1) is 28.0 Å². The topological polar surface area (TPSA) is 50.9 Å². The van der Waals surface area contributed by atoms with Crippen LogP contribution < -0.4 is 0 Å². The molecule has 0 bridgehead atoms. The monoisotopic (exact) mass is 701 g/mol. The second kappa shape index (κ2) is 13.6. The molecule has 0 spiro atoms. The Morgan fingerprint density at radius 2 is 1.22 bits per heavy atom. The number of aromatic nitrogens is 3. The molecule has 0 radical (unpaired) electrons. The molecule has 9 rings (SSSR count). The molecule has 0 saturated carbocycles. The molecule has 4 nitrogen and oxygen atoms in total. The first kappa shape index (κ1) is 33.6. The van der Waals surface area contributed by atoms with E-state index in [-0.39, 0.29) is 11.2 Å². The molecule has 1 aliphatic rings. The van der Waals surface area contributed by atoms with Gasteiger partial charge in [0.15, 0.2) is 0 Å². The Bertz CT molecular complexity index is 2650. The van der Waals surface area contributed by atoms with E-state index >= 15 is 0 Å². The third-order valence-electron chi connectivity index (χ3n) is 10.9. The summed E-state index contributed by atoms with van der Waals surface area (Å²) < 4.78 is 2.25. The zero-order valence-electron chi connectivity index (χ0n) is 31.1. The molecule has 54 heavy (non-hydrogen) atoms. The van der Waals surface area contributed by atoms with Crippen molar-refractivity contribution in [1.29, 1.82) is 0 Å². The summed E-state index contributed by atoms with van der Waals surface area (Å²) in [5.74, 6) is 1.00. The summed E-state index contributed by atoms with van der Waals surface area (Å²) >= 11 is 0. The number of hydrogen-bond acceptors (Lipinski definition) is 3. The number of para-hydroxylation sites is 2. The fourth-order valence-corrected chi connectivity index (χ4v) is 8.00. The number of nitrogens with zero attached hydrogens (tertiary/aromatic N) is 3. The van der Waals surface area contributed by atoms with Gasteiger partial charge in [-0.3, -0.25) is 9.55 Å². The first-order chi connectivity index (χ1) is 26.3. The van der Waals surface area contributed by atoms with Crippen LogP contribution in [-0.2, 0) is 18.3 Å². The largest absolute Gasteiger partial charge is 0.507 e. The van der Waals surface area contributed by atoms with Crippen molar-refractivity contribution in [1.82, 2.24) is 14.5 Å². The predicted molar refractivity (Wildman–Crippen MR) is 223 cm³/mol. The van der Waals surface area contributed by atoms with E-state index in [0.717, 1.165) is 98.4 Å². The average Bonchev–Trinajstić information content (AvgIpc) is 3.60. The molecule has 0 unspecified atom stereocenters. The molecule has 6 aromatic carbocycles. The minimum atomic E-state index is -0.107. The molecule has 1 aliphatic carbocycles. The normalized spacial score (nSPS) is 12.9. The number of hydrogen-bond donors (Lipinski definition) is 1. The maximum absolute atomic E-state index is 11.7. The second-order valence-electron chi connectivity index (χ2n) is 15.5. The molecular formula is C50H43N3O. The average molecular weight is 702 g/mol. The number of aromatic hydroxyl groups is 1. The molecule has 0 amide bonds. The fourth-order valence-electron chi connectivity index (χ4n) is 8.00. The van der Waals surface area contributed by atoms with Crippen LogP contribution in [0, 0.1) is 0 Å². The third-order valence-corrected chi connectivity index (χ3v) is 10.9. The van der Waals surface area contributed by atoms with E-state index < -0.39 is 0 Å². The molecule has 0 saturated heterocycles. The summed E-state index contributed by atoms with van der Waals surface area (Å²) in [6.07, 6.45) is 6.22. The van der Waals surface area contributed by atoms with Crippen molar-refractivity contribution in [3.05, 3.63) is 168 Å². The van der Waals surface area contributed by atoms with E-state index in [1.165, 1.54) is 16.7 Å². The van der Waals surface area contributed by atoms with Crippen molar-refractivity contribution >= 4 is 11.0 Å². The van der Waals surface area contributed by atoms with Crippen molar-refractivity contribution in [3.63, 3.8) is 0 Å². The Labute approximate surface area is 317 Å². The quantitative estimate of drug-likeness (QED) is 0.188. The van der Waals surface area contributed by atoms with Crippen molar-refractivity contribution in [2.45, 2.75) is 51.9 Å². The maximum Gasteiger partial charge on any atom is 0.149 e. The zero-order valence-corrected chi connectivity index (χ0v) is 31.1.